The molecule has 0 aliphatic carbocycles. The van der Waals surface area contributed by atoms with Crippen molar-refractivity contribution in [3.05, 3.63) is 71.8 Å². The van der Waals surface area contributed by atoms with Crippen molar-refractivity contribution in [2.24, 2.45) is 0 Å². The highest BCUT2D eigenvalue weighted by Gasteiger charge is 2.49. The van der Waals surface area contributed by atoms with Gasteiger partial charge in [-0.1, -0.05) is 60.7 Å². The van der Waals surface area contributed by atoms with Crippen LogP contribution in [0.25, 0.3) is 0 Å². The minimum atomic E-state index is -1.20. The zero-order chi connectivity index (χ0) is 17.9. The standard InChI is InChI=1S/C20H22O6/c21-16-17(22)20(23-11-13-7-3-1-4-8-13)25-15-12-24-19(26-18(15)16)14-9-5-2-6-10-14/h1-10,15-22H,11-12H2/t15-,16+,17-,18-,19-,20+/m1/s1. The Bertz CT molecular complexity index is 692. The van der Waals surface area contributed by atoms with Crippen LogP contribution in [0, 0.1) is 0 Å². The number of aliphatic hydroxyl groups excluding tert-OH is 2. The van der Waals surface area contributed by atoms with Gasteiger partial charge in [-0.2, -0.15) is 0 Å². The van der Waals surface area contributed by atoms with Gasteiger partial charge >= 0.3 is 0 Å². The summed E-state index contributed by atoms with van der Waals surface area (Å²) in [5.74, 6) is 0. The zero-order valence-electron chi connectivity index (χ0n) is 14.2. The Balaban J connectivity index is 1.40. The number of benzene rings is 2. The van der Waals surface area contributed by atoms with Gasteiger partial charge in [-0.3, -0.25) is 0 Å². The van der Waals surface area contributed by atoms with Gasteiger partial charge in [0.1, 0.15) is 24.4 Å². The van der Waals surface area contributed by atoms with Crippen molar-refractivity contribution in [2.75, 3.05) is 6.61 Å². The molecule has 0 radical (unpaired) electrons. The Kier molecular flexibility index (Phi) is 5.31. The Morgan fingerprint density at radius 1 is 0.885 bits per heavy atom. The molecule has 4 rings (SSSR count). The highest BCUT2D eigenvalue weighted by molar-refractivity contribution is 5.17. The van der Waals surface area contributed by atoms with E-state index in [9.17, 15) is 10.2 Å². The first-order chi connectivity index (χ1) is 12.7. The summed E-state index contributed by atoms with van der Waals surface area (Å²) in [7, 11) is 0. The molecule has 0 bridgehead atoms. The summed E-state index contributed by atoms with van der Waals surface area (Å²) in [4.78, 5) is 0. The predicted octanol–water partition coefficient (Wildman–Crippen LogP) is 1.76. The average Bonchev–Trinajstić information content (AvgIpc) is 2.71. The highest BCUT2D eigenvalue weighted by Crippen LogP contribution is 2.34. The fourth-order valence-corrected chi connectivity index (χ4v) is 3.25. The molecule has 6 atom stereocenters. The van der Waals surface area contributed by atoms with Gasteiger partial charge in [0.2, 0.25) is 0 Å². The lowest BCUT2D eigenvalue weighted by atomic mass is 9.98. The number of rotatable bonds is 4. The van der Waals surface area contributed by atoms with E-state index in [4.69, 9.17) is 18.9 Å². The van der Waals surface area contributed by atoms with Gasteiger partial charge in [-0.05, 0) is 5.56 Å². The molecule has 138 valence electrons. The van der Waals surface area contributed by atoms with Crippen LogP contribution in [-0.4, -0.2) is 47.5 Å². The SMILES string of the molecule is O[C@H]1[C@@H](OCc2ccccc2)O[C@@H]2CO[C@@H](c3ccccc3)O[C@H]2[C@H]1O. The van der Waals surface area contributed by atoms with Gasteiger partial charge in [0.25, 0.3) is 0 Å². The molecule has 0 spiro atoms. The molecule has 2 aromatic rings. The van der Waals surface area contributed by atoms with Gasteiger partial charge in [-0.25, -0.2) is 0 Å². The van der Waals surface area contributed by atoms with E-state index in [0.717, 1.165) is 11.1 Å². The first kappa shape index (κ1) is 17.6. The van der Waals surface area contributed by atoms with Crippen LogP contribution >= 0.6 is 0 Å². The highest BCUT2D eigenvalue weighted by atomic mass is 16.8. The summed E-state index contributed by atoms with van der Waals surface area (Å²) in [5, 5.41) is 20.9. The molecule has 26 heavy (non-hydrogen) atoms. The maximum absolute atomic E-state index is 10.5. The van der Waals surface area contributed by atoms with Crippen LogP contribution in [0.4, 0.5) is 0 Å². The van der Waals surface area contributed by atoms with Crippen molar-refractivity contribution in [1.82, 2.24) is 0 Å². The van der Waals surface area contributed by atoms with Crippen molar-refractivity contribution >= 4 is 0 Å². The molecule has 2 heterocycles. The van der Waals surface area contributed by atoms with Crippen LogP contribution in [-0.2, 0) is 25.6 Å². The van der Waals surface area contributed by atoms with E-state index >= 15 is 0 Å². The molecule has 2 aromatic carbocycles. The summed E-state index contributed by atoms with van der Waals surface area (Å²) < 4.78 is 23.1. The molecule has 2 saturated heterocycles. The number of hydrogen-bond acceptors (Lipinski definition) is 6. The van der Waals surface area contributed by atoms with Gasteiger partial charge < -0.3 is 29.2 Å². The van der Waals surface area contributed by atoms with Gasteiger partial charge in [-0.15, -0.1) is 0 Å². The van der Waals surface area contributed by atoms with Gasteiger partial charge in [0.05, 0.1) is 13.2 Å². The van der Waals surface area contributed by atoms with E-state index in [0.29, 0.717) is 0 Å². The average molecular weight is 358 g/mol. The van der Waals surface area contributed by atoms with Crippen LogP contribution < -0.4 is 0 Å². The monoisotopic (exact) mass is 358 g/mol. The Labute approximate surface area is 151 Å². The first-order valence-electron chi connectivity index (χ1n) is 8.71. The number of hydrogen-bond donors (Lipinski definition) is 2. The molecular weight excluding hydrogens is 336 g/mol. The molecule has 6 nitrogen and oxygen atoms in total. The number of aliphatic hydroxyl groups is 2. The molecule has 2 N–H and O–H groups in total. The van der Waals surface area contributed by atoms with E-state index in [-0.39, 0.29) is 13.2 Å². The second kappa shape index (κ2) is 7.84. The van der Waals surface area contributed by atoms with Crippen molar-refractivity contribution in [2.45, 2.75) is 43.6 Å². The summed E-state index contributed by atoms with van der Waals surface area (Å²) in [6.45, 7) is 0.528. The summed E-state index contributed by atoms with van der Waals surface area (Å²) in [6.07, 6.45) is -5.04. The van der Waals surface area contributed by atoms with E-state index in [1.165, 1.54) is 0 Å². The molecule has 6 heteroatoms. The molecule has 2 aliphatic heterocycles. The third-order valence-electron chi connectivity index (χ3n) is 4.66. The van der Waals surface area contributed by atoms with Crippen molar-refractivity contribution in [1.29, 1.82) is 0 Å². The van der Waals surface area contributed by atoms with E-state index in [1.807, 2.05) is 60.7 Å². The van der Waals surface area contributed by atoms with Crippen LogP contribution in [0.2, 0.25) is 0 Å². The molecular formula is C20H22O6. The lowest BCUT2D eigenvalue weighted by Crippen LogP contribution is -2.62. The zero-order valence-corrected chi connectivity index (χ0v) is 14.2. The second-order valence-electron chi connectivity index (χ2n) is 6.50. The minimum Gasteiger partial charge on any atom is -0.387 e. The molecule has 2 fully saturated rings. The quantitative estimate of drug-likeness (QED) is 0.867. The van der Waals surface area contributed by atoms with Crippen LogP contribution in [0.1, 0.15) is 17.4 Å². The number of ether oxygens (including phenoxy) is 4. The topological polar surface area (TPSA) is 77.4 Å². The smallest absolute Gasteiger partial charge is 0.187 e. The van der Waals surface area contributed by atoms with Crippen LogP contribution in [0.15, 0.2) is 60.7 Å². The minimum absolute atomic E-state index is 0.249. The third kappa shape index (κ3) is 3.66. The van der Waals surface area contributed by atoms with E-state index in [2.05, 4.69) is 0 Å². The third-order valence-corrected chi connectivity index (χ3v) is 4.66. The Hall–Kier alpha value is -1.80. The van der Waals surface area contributed by atoms with Crippen molar-refractivity contribution < 1.29 is 29.2 Å². The summed E-state index contributed by atoms with van der Waals surface area (Å²) >= 11 is 0. The van der Waals surface area contributed by atoms with E-state index < -0.39 is 37.0 Å². The summed E-state index contributed by atoms with van der Waals surface area (Å²) in [6, 6.07) is 19.1. The maximum Gasteiger partial charge on any atom is 0.187 e. The second-order valence-corrected chi connectivity index (χ2v) is 6.50. The predicted molar refractivity (Wildman–Crippen MR) is 91.9 cm³/mol. The number of fused-ring (bicyclic) bond motifs is 1. The van der Waals surface area contributed by atoms with Crippen molar-refractivity contribution in [3.63, 3.8) is 0 Å². The fraction of sp³-hybridized carbons (Fsp3) is 0.400. The summed E-state index contributed by atoms with van der Waals surface area (Å²) in [5.41, 5.74) is 1.82. The molecule has 0 aromatic heterocycles. The van der Waals surface area contributed by atoms with Crippen LogP contribution in [0.3, 0.4) is 0 Å². The molecule has 0 amide bonds. The lowest BCUT2D eigenvalue weighted by Gasteiger charge is -2.46. The largest absolute Gasteiger partial charge is 0.387 e. The fourth-order valence-electron chi connectivity index (χ4n) is 3.25. The maximum atomic E-state index is 10.5. The van der Waals surface area contributed by atoms with Crippen LogP contribution in [0.5, 0.6) is 0 Å². The molecule has 0 unspecified atom stereocenters. The Morgan fingerprint density at radius 2 is 1.58 bits per heavy atom. The van der Waals surface area contributed by atoms with Crippen molar-refractivity contribution in [3.8, 4) is 0 Å². The van der Waals surface area contributed by atoms with Gasteiger partial charge in [0.15, 0.2) is 12.6 Å². The van der Waals surface area contributed by atoms with E-state index in [1.54, 1.807) is 0 Å². The molecule has 2 aliphatic rings. The lowest BCUT2D eigenvalue weighted by molar-refractivity contribution is -0.362. The Morgan fingerprint density at radius 3 is 2.31 bits per heavy atom. The first-order valence-corrected chi connectivity index (χ1v) is 8.71. The van der Waals surface area contributed by atoms with Gasteiger partial charge in [0, 0.05) is 5.56 Å². The molecule has 0 saturated carbocycles. The normalized spacial score (nSPS) is 34.2.